The SMILES string of the molecule is CCNC(=NCCCCOCc1ccccc1)NC(C)(C)C.I. The van der Waals surface area contributed by atoms with Gasteiger partial charge in [0.15, 0.2) is 5.96 Å². The van der Waals surface area contributed by atoms with Gasteiger partial charge in [-0.1, -0.05) is 30.3 Å². The summed E-state index contributed by atoms with van der Waals surface area (Å²) in [4.78, 5) is 4.59. The molecule has 1 aromatic rings. The van der Waals surface area contributed by atoms with E-state index in [9.17, 15) is 0 Å². The average Bonchev–Trinajstić information content (AvgIpc) is 2.46. The van der Waals surface area contributed by atoms with Gasteiger partial charge in [0, 0.05) is 25.2 Å². The highest BCUT2D eigenvalue weighted by Gasteiger charge is 2.11. The van der Waals surface area contributed by atoms with Gasteiger partial charge in [0.05, 0.1) is 6.61 Å². The zero-order chi connectivity index (χ0) is 16.3. The fraction of sp³-hybridized carbons (Fsp3) is 0.611. The van der Waals surface area contributed by atoms with Crippen molar-refractivity contribution in [3.63, 3.8) is 0 Å². The molecule has 23 heavy (non-hydrogen) atoms. The summed E-state index contributed by atoms with van der Waals surface area (Å²) < 4.78 is 5.68. The Labute approximate surface area is 158 Å². The molecular weight excluding hydrogens is 401 g/mol. The van der Waals surface area contributed by atoms with Crippen LogP contribution in [0.15, 0.2) is 35.3 Å². The maximum atomic E-state index is 5.68. The third-order valence-corrected chi connectivity index (χ3v) is 2.92. The maximum Gasteiger partial charge on any atom is 0.191 e. The van der Waals surface area contributed by atoms with Crippen LogP contribution in [0.2, 0.25) is 0 Å². The van der Waals surface area contributed by atoms with Crippen LogP contribution in [-0.2, 0) is 11.3 Å². The highest BCUT2D eigenvalue weighted by molar-refractivity contribution is 14.0. The van der Waals surface area contributed by atoms with Crippen molar-refractivity contribution in [2.75, 3.05) is 19.7 Å². The van der Waals surface area contributed by atoms with Crippen molar-refractivity contribution in [3.05, 3.63) is 35.9 Å². The number of nitrogens with one attached hydrogen (secondary N) is 2. The summed E-state index contributed by atoms with van der Waals surface area (Å²) in [5, 5.41) is 6.66. The molecule has 0 aliphatic rings. The Morgan fingerprint density at radius 1 is 1.13 bits per heavy atom. The number of aliphatic imine (C=N–C) groups is 1. The summed E-state index contributed by atoms with van der Waals surface area (Å²) in [7, 11) is 0. The van der Waals surface area contributed by atoms with Gasteiger partial charge in [0.1, 0.15) is 0 Å². The molecule has 0 fully saturated rings. The molecule has 0 heterocycles. The van der Waals surface area contributed by atoms with Gasteiger partial charge in [-0.25, -0.2) is 0 Å². The van der Waals surface area contributed by atoms with Gasteiger partial charge in [-0.05, 0) is 46.1 Å². The molecule has 0 saturated heterocycles. The third kappa shape index (κ3) is 12.3. The van der Waals surface area contributed by atoms with E-state index in [1.807, 2.05) is 18.2 Å². The lowest BCUT2D eigenvalue weighted by molar-refractivity contribution is 0.117. The van der Waals surface area contributed by atoms with E-state index in [0.717, 1.165) is 38.5 Å². The lowest BCUT2D eigenvalue weighted by Crippen LogP contribution is -2.47. The quantitative estimate of drug-likeness (QED) is 0.283. The first kappa shape index (κ1) is 22.2. The van der Waals surface area contributed by atoms with Crippen molar-refractivity contribution in [2.45, 2.75) is 52.7 Å². The van der Waals surface area contributed by atoms with Crippen LogP contribution in [-0.4, -0.2) is 31.2 Å². The predicted octanol–water partition coefficient (Wildman–Crippen LogP) is 3.96. The highest BCUT2D eigenvalue weighted by atomic mass is 127. The predicted molar refractivity (Wildman–Crippen MR) is 110 cm³/mol. The van der Waals surface area contributed by atoms with E-state index in [1.54, 1.807) is 0 Å². The van der Waals surface area contributed by atoms with E-state index < -0.39 is 0 Å². The molecule has 4 nitrogen and oxygen atoms in total. The normalized spacial score (nSPS) is 11.7. The largest absolute Gasteiger partial charge is 0.377 e. The van der Waals surface area contributed by atoms with E-state index in [2.05, 4.69) is 55.5 Å². The van der Waals surface area contributed by atoms with Gasteiger partial charge >= 0.3 is 0 Å². The van der Waals surface area contributed by atoms with Crippen LogP contribution >= 0.6 is 24.0 Å². The third-order valence-electron chi connectivity index (χ3n) is 2.92. The molecular formula is C18H32IN3O. The van der Waals surface area contributed by atoms with Gasteiger partial charge in [-0.15, -0.1) is 24.0 Å². The zero-order valence-electron chi connectivity index (χ0n) is 14.9. The minimum Gasteiger partial charge on any atom is -0.377 e. The fourth-order valence-corrected chi connectivity index (χ4v) is 1.93. The molecule has 5 heteroatoms. The summed E-state index contributed by atoms with van der Waals surface area (Å²) in [5.74, 6) is 0.889. The maximum absolute atomic E-state index is 5.68. The van der Waals surface area contributed by atoms with E-state index in [1.165, 1.54) is 5.56 Å². The van der Waals surface area contributed by atoms with Gasteiger partial charge in [-0.2, -0.15) is 0 Å². The van der Waals surface area contributed by atoms with Crippen LogP contribution in [0.4, 0.5) is 0 Å². The highest BCUT2D eigenvalue weighted by Crippen LogP contribution is 2.02. The van der Waals surface area contributed by atoms with E-state index in [-0.39, 0.29) is 29.5 Å². The lowest BCUT2D eigenvalue weighted by Gasteiger charge is -2.23. The van der Waals surface area contributed by atoms with Crippen molar-refractivity contribution in [2.24, 2.45) is 4.99 Å². The number of hydrogen-bond donors (Lipinski definition) is 2. The summed E-state index contributed by atoms with van der Waals surface area (Å²) in [6.45, 7) is 11.7. The van der Waals surface area contributed by atoms with Crippen LogP contribution in [0.25, 0.3) is 0 Å². The first-order valence-electron chi connectivity index (χ1n) is 8.19. The topological polar surface area (TPSA) is 45.7 Å². The zero-order valence-corrected chi connectivity index (χ0v) is 17.2. The first-order chi connectivity index (χ1) is 10.5. The Hall–Kier alpha value is -0.820. The number of guanidine groups is 1. The number of halogens is 1. The van der Waals surface area contributed by atoms with Crippen molar-refractivity contribution in [1.29, 1.82) is 0 Å². The standard InChI is InChI=1S/C18H31N3O.HI/c1-5-19-17(21-18(2,3)4)20-13-9-10-14-22-15-16-11-7-6-8-12-16;/h6-8,11-12H,5,9-10,13-15H2,1-4H3,(H2,19,20,21);1H. The van der Waals surface area contributed by atoms with Crippen molar-refractivity contribution < 1.29 is 4.74 Å². The van der Waals surface area contributed by atoms with E-state index in [4.69, 9.17) is 4.74 Å². The molecule has 0 atom stereocenters. The number of ether oxygens (including phenoxy) is 1. The second kappa shape index (κ2) is 12.6. The Morgan fingerprint density at radius 2 is 1.83 bits per heavy atom. The summed E-state index contributed by atoms with van der Waals surface area (Å²) in [5.41, 5.74) is 1.25. The van der Waals surface area contributed by atoms with Gasteiger partial charge in [0.25, 0.3) is 0 Å². The second-order valence-corrected chi connectivity index (χ2v) is 6.38. The van der Waals surface area contributed by atoms with Crippen LogP contribution in [0.5, 0.6) is 0 Å². The number of unbranched alkanes of at least 4 members (excludes halogenated alkanes) is 1. The molecule has 132 valence electrons. The number of rotatable bonds is 8. The summed E-state index contributed by atoms with van der Waals surface area (Å²) in [6, 6.07) is 10.3. The summed E-state index contributed by atoms with van der Waals surface area (Å²) >= 11 is 0. The monoisotopic (exact) mass is 433 g/mol. The molecule has 1 aromatic carbocycles. The van der Waals surface area contributed by atoms with Crippen LogP contribution in [0.3, 0.4) is 0 Å². The first-order valence-corrected chi connectivity index (χ1v) is 8.19. The van der Waals surface area contributed by atoms with Crippen molar-refractivity contribution in [1.82, 2.24) is 10.6 Å². The molecule has 0 amide bonds. The Balaban J connectivity index is 0.00000484. The van der Waals surface area contributed by atoms with E-state index >= 15 is 0 Å². The van der Waals surface area contributed by atoms with Gasteiger partial charge in [0.2, 0.25) is 0 Å². The van der Waals surface area contributed by atoms with Crippen LogP contribution < -0.4 is 10.6 Å². The molecule has 0 spiro atoms. The molecule has 2 N–H and O–H groups in total. The molecule has 0 aliphatic carbocycles. The molecule has 0 aromatic heterocycles. The molecule has 1 rings (SSSR count). The summed E-state index contributed by atoms with van der Waals surface area (Å²) in [6.07, 6.45) is 2.07. The van der Waals surface area contributed by atoms with Crippen LogP contribution in [0, 0.1) is 0 Å². The second-order valence-electron chi connectivity index (χ2n) is 6.38. The smallest absolute Gasteiger partial charge is 0.191 e. The van der Waals surface area contributed by atoms with Crippen molar-refractivity contribution in [3.8, 4) is 0 Å². The van der Waals surface area contributed by atoms with Crippen molar-refractivity contribution >= 4 is 29.9 Å². The van der Waals surface area contributed by atoms with Crippen LogP contribution in [0.1, 0.15) is 46.1 Å². The number of hydrogen-bond acceptors (Lipinski definition) is 2. The Morgan fingerprint density at radius 3 is 2.43 bits per heavy atom. The number of nitrogens with zero attached hydrogens (tertiary/aromatic N) is 1. The Bertz CT molecular complexity index is 430. The Kier molecular flexibility index (Phi) is 12.1. The fourth-order valence-electron chi connectivity index (χ4n) is 1.93. The van der Waals surface area contributed by atoms with Gasteiger partial charge < -0.3 is 15.4 Å². The molecule has 0 radical (unpaired) electrons. The number of benzene rings is 1. The molecule has 0 unspecified atom stereocenters. The molecule has 0 aliphatic heterocycles. The molecule has 0 saturated carbocycles. The molecule has 0 bridgehead atoms. The lowest BCUT2D eigenvalue weighted by atomic mass is 10.1. The van der Waals surface area contributed by atoms with Gasteiger partial charge in [-0.3, -0.25) is 4.99 Å². The minimum absolute atomic E-state index is 0. The van der Waals surface area contributed by atoms with E-state index in [0.29, 0.717) is 6.61 Å². The average molecular weight is 433 g/mol. The minimum atomic E-state index is 0.